The predicted octanol–water partition coefficient (Wildman–Crippen LogP) is 5.30. The molecule has 4 fully saturated rings. The van der Waals surface area contributed by atoms with Crippen molar-refractivity contribution < 1.29 is 45.5 Å². The van der Waals surface area contributed by atoms with Crippen molar-refractivity contribution in [3.05, 3.63) is 149 Å². The van der Waals surface area contributed by atoms with Crippen LogP contribution in [0, 0.1) is 22.7 Å². The molecule has 6 heterocycles. The Morgan fingerprint density at radius 1 is 0.591 bits per heavy atom. The fraction of sp³-hybridized carbons (Fsp3) is 0.261. The summed E-state index contributed by atoms with van der Waals surface area (Å²) in [6, 6.07) is 28.6. The minimum Gasteiger partial charge on any atom is -0.351 e. The molecule has 336 valence electrons. The van der Waals surface area contributed by atoms with Gasteiger partial charge in [-0.3, -0.25) is 19.2 Å². The van der Waals surface area contributed by atoms with Crippen LogP contribution in [0.4, 0.5) is 43.7 Å². The van der Waals surface area contributed by atoms with Crippen molar-refractivity contribution >= 4 is 41.0 Å². The molecule has 2 spiro atoms. The molecule has 0 unspecified atom stereocenters. The highest BCUT2D eigenvalue weighted by molar-refractivity contribution is 6.11. The highest BCUT2D eigenvalue weighted by atomic mass is 19.4. The van der Waals surface area contributed by atoms with Gasteiger partial charge in [0.25, 0.3) is 5.91 Å². The fourth-order valence-corrected chi connectivity index (χ4v) is 8.33. The maximum absolute atomic E-state index is 13.8. The standard InChI is InChI=1S/C26H20F3N5O2.C20H16F3N5O2/c27-26(28,29)20-9-6-18(7-10-20)14-34-23(35)15-33(21-4-2-1-3-5-21)24(36)25(34)16-32(17-25)22-11-8-19(12-30)13-31-22;21-20(22,23)15-4-1-13(2-5-15)10-28-17(29)9-26-18(30)19(28)11-27(12-19)16-6-3-14(7-24)8-25-16/h1-11,13H,14-17H2;1-6,8H,9-12H2,(H,26,30). The van der Waals surface area contributed by atoms with Gasteiger partial charge in [0.1, 0.15) is 30.3 Å². The Morgan fingerprint density at radius 3 is 1.47 bits per heavy atom. The van der Waals surface area contributed by atoms with Crippen molar-refractivity contribution in [1.29, 1.82) is 10.5 Å². The van der Waals surface area contributed by atoms with E-state index in [4.69, 9.17) is 10.5 Å². The molecular weight excluding hydrogens is 871 g/mol. The van der Waals surface area contributed by atoms with Gasteiger partial charge in [0, 0.05) is 31.2 Å². The highest BCUT2D eigenvalue weighted by Crippen LogP contribution is 2.40. The summed E-state index contributed by atoms with van der Waals surface area (Å²) in [5.41, 5.74) is -1.48. The molecule has 4 amide bonds. The van der Waals surface area contributed by atoms with E-state index in [0.717, 1.165) is 24.3 Å². The topological polar surface area (TPSA) is 170 Å². The van der Waals surface area contributed by atoms with Crippen LogP contribution in [0.5, 0.6) is 0 Å². The molecular formula is C46H36F6N10O4. The van der Waals surface area contributed by atoms with Crippen LogP contribution in [0.2, 0.25) is 0 Å². The molecule has 4 saturated heterocycles. The van der Waals surface area contributed by atoms with Gasteiger partial charge in [-0.1, -0.05) is 42.5 Å². The minimum absolute atomic E-state index is 0.0000209. The first-order valence-corrected chi connectivity index (χ1v) is 20.2. The van der Waals surface area contributed by atoms with Gasteiger partial charge in [-0.25, -0.2) is 9.97 Å². The quantitative estimate of drug-likeness (QED) is 0.212. The first kappa shape index (κ1) is 44.6. The second kappa shape index (κ2) is 17.2. The maximum Gasteiger partial charge on any atom is 0.416 e. The summed E-state index contributed by atoms with van der Waals surface area (Å²) < 4.78 is 77.3. The molecule has 14 nitrogen and oxygen atoms in total. The van der Waals surface area contributed by atoms with Crippen LogP contribution in [-0.4, -0.2) is 93.7 Å². The highest BCUT2D eigenvalue weighted by Gasteiger charge is 2.60. The number of hydrogen-bond donors (Lipinski definition) is 1. The number of amides is 4. The third-order valence-electron chi connectivity index (χ3n) is 11.9. The summed E-state index contributed by atoms with van der Waals surface area (Å²) in [5, 5.41) is 20.5. The van der Waals surface area contributed by atoms with E-state index in [0.29, 0.717) is 39.6 Å². The molecule has 4 aliphatic heterocycles. The Labute approximate surface area is 372 Å². The number of carbonyl (C=O) groups is 4. The van der Waals surface area contributed by atoms with E-state index in [-0.39, 0.29) is 76.0 Å². The van der Waals surface area contributed by atoms with Gasteiger partial charge in [-0.05, 0) is 71.8 Å². The molecule has 5 aromatic rings. The average molecular weight is 907 g/mol. The van der Waals surface area contributed by atoms with E-state index in [1.165, 1.54) is 51.4 Å². The zero-order valence-electron chi connectivity index (χ0n) is 34.6. The molecule has 0 saturated carbocycles. The van der Waals surface area contributed by atoms with Crippen LogP contribution in [0.3, 0.4) is 0 Å². The molecule has 0 radical (unpaired) electrons. The van der Waals surface area contributed by atoms with E-state index in [1.54, 1.807) is 53.4 Å². The zero-order chi connectivity index (χ0) is 47.0. The number of nitriles is 2. The van der Waals surface area contributed by atoms with Gasteiger partial charge >= 0.3 is 12.4 Å². The predicted molar refractivity (Wildman–Crippen MR) is 224 cm³/mol. The van der Waals surface area contributed by atoms with E-state index >= 15 is 0 Å². The summed E-state index contributed by atoms with van der Waals surface area (Å²) in [6.45, 7) is 0.435. The van der Waals surface area contributed by atoms with Gasteiger partial charge in [0.2, 0.25) is 17.7 Å². The molecule has 66 heavy (non-hydrogen) atoms. The van der Waals surface area contributed by atoms with Gasteiger partial charge in [0.15, 0.2) is 11.1 Å². The van der Waals surface area contributed by atoms with Crippen molar-refractivity contribution in [2.45, 2.75) is 36.5 Å². The summed E-state index contributed by atoms with van der Waals surface area (Å²) in [5.74, 6) is -0.0390. The Balaban J connectivity index is 0.000000182. The maximum atomic E-state index is 13.8. The van der Waals surface area contributed by atoms with E-state index < -0.39 is 34.6 Å². The minimum atomic E-state index is -4.46. The lowest BCUT2D eigenvalue weighted by Crippen LogP contribution is -2.81. The summed E-state index contributed by atoms with van der Waals surface area (Å²) >= 11 is 0. The number of halogens is 6. The number of anilines is 3. The summed E-state index contributed by atoms with van der Waals surface area (Å²) in [4.78, 5) is 68.9. The first-order chi connectivity index (χ1) is 31.4. The van der Waals surface area contributed by atoms with Crippen LogP contribution >= 0.6 is 0 Å². The Kier molecular flexibility index (Phi) is 11.6. The molecule has 2 aromatic heterocycles. The number of pyridine rings is 2. The number of carbonyl (C=O) groups excluding carboxylic acids is 4. The number of rotatable bonds is 7. The number of piperazine rings is 2. The number of nitrogens with one attached hydrogen (secondary N) is 1. The second-order valence-electron chi connectivity index (χ2n) is 16.1. The number of alkyl halides is 6. The largest absolute Gasteiger partial charge is 0.416 e. The molecule has 0 bridgehead atoms. The lowest BCUT2D eigenvalue weighted by molar-refractivity contribution is -0.156. The van der Waals surface area contributed by atoms with E-state index in [9.17, 15) is 45.5 Å². The number of benzene rings is 3. The Hall–Kier alpha value is -8.00. The van der Waals surface area contributed by atoms with Crippen LogP contribution in [0.1, 0.15) is 33.4 Å². The monoisotopic (exact) mass is 906 g/mol. The van der Waals surface area contributed by atoms with Crippen LogP contribution in [0.25, 0.3) is 0 Å². The SMILES string of the molecule is N#Cc1ccc(N2CC3(C2)C(=O)N(c2ccccc2)CC(=O)N3Cc2ccc(C(F)(F)F)cc2)nc1.N#Cc1ccc(N2CC3(C2)C(=O)NCC(=O)N3Cc2ccc(C(F)(F)F)cc2)nc1. The normalized spacial score (nSPS) is 17.6. The fourth-order valence-electron chi connectivity index (χ4n) is 8.33. The third-order valence-corrected chi connectivity index (χ3v) is 11.9. The molecule has 9 rings (SSSR count). The number of nitrogens with zero attached hydrogens (tertiary/aromatic N) is 9. The Morgan fingerprint density at radius 2 is 1.05 bits per heavy atom. The molecule has 4 aliphatic rings. The number of hydrogen-bond acceptors (Lipinski definition) is 10. The molecule has 0 aliphatic carbocycles. The lowest BCUT2D eigenvalue weighted by Gasteiger charge is -2.58. The van der Waals surface area contributed by atoms with Gasteiger partial charge in [-0.2, -0.15) is 36.9 Å². The average Bonchev–Trinajstić information content (AvgIpc) is 3.28. The molecule has 0 atom stereocenters. The van der Waals surface area contributed by atoms with Crippen molar-refractivity contribution in [2.24, 2.45) is 0 Å². The van der Waals surface area contributed by atoms with Crippen molar-refractivity contribution in [2.75, 3.05) is 54.0 Å². The van der Waals surface area contributed by atoms with Crippen LogP contribution < -0.4 is 20.0 Å². The van der Waals surface area contributed by atoms with Crippen molar-refractivity contribution in [3.63, 3.8) is 0 Å². The lowest BCUT2D eigenvalue weighted by atomic mass is 9.83. The third kappa shape index (κ3) is 8.52. The van der Waals surface area contributed by atoms with Crippen LogP contribution in [0.15, 0.2) is 116 Å². The zero-order valence-corrected chi connectivity index (χ0v) is 34.6. The second-order valence-corrected chi connectivity index (χ2v) is 16.1. The smallest absolute Gasteiger partial charge is 0.351 e. The Bertz CT molecular complexity index is 2730. The van der Waals surface area contributed by atoms with E-state index in [1.807, 2.05) is 23.1 Å². The summed E-state index contributed by atoms with van der Waals surface area (Å²) in [7, 11) is 0. The van der Waals surface area contributed by atoms with Gasteiger partial charge in [0.05, 0.1) is 55.0 Å². The van der Waals surface area contributed by atoms with Crippen LogP contribution in [-0.2, 0) is 44.6 Å². The number of aromatic nitrogens is 2. The molecule has 20 heteroatoms. The van der Waals surface area contributed by atoms with Gasteiger partial charge in [-0.15, -0.1) is 0 Å². The number of para-hydroxylation sites is 1. The van der Waals surface area contributed by atoms with E-state index in [2.05, 4.69) is 15.3 Å². The first-order valence-electron chi connectivity index (χ1n) is 20.2. The van der Waals surface area contributed by atoms with Crippen molar-refractivity contribution in [1.82, 2.24) is 25.1 Å². The molecule has 3 aromatic carbocycles. The molecule has 1 N–H and O–H groups in total. The van der Waals surface area contributed by atoms with Crippen molar-refractivity contribution in [3.8, 4) is 12.1 Å². The van der Waals surface area contributed by atoms with Gasteiger partial charge < -0.3 is 29.8 Å². The summed E-state index contributed by atoms with van der Waals surface area (Å²) in [6.07, 6.45) is -6.05.